The van der Waals surface area contributed by atoms with E-state index in [9.17, 15) is 24.2 Å². The van der Waals surface area contributed by atoms with E-state index in [4.69, 9.17) is 0 Å². The minimum atomic E-state index is -1.57. The Labute approximate surface area is 97.8 Å². The third kappa shape index (κ3) is 1.28. The van der Waals surface area contributed by atoms with E-state index in [1.54, 1.807) is 0 Å². The lowest BCUT2D eigenvalue weighted by molar-refractivity contribution is -0.204. The molecule has 2 unspecified atom stereocenters. The number of carboxylic acids is 2. The van der Waals surface area contributed by atoms with Crippen LogP contribution in [0.5, 0.6) is 0 Å². The molecule has 17 heavy (non-hydrogen) atoms. The molecule has 4 bridgehead atoms. The van der Waals surface area contributed by atoms with Gasteiger partial charge < -0.3 is 10.2 Å². The number of carboxylic acid groups (broad SMARTS) is 2. The lowest BCUT2D eigenvalue weighted by atomic mass is 9.43. The molecule has 4 aliphatic carbocycles. The van der Waals surface area contributed by atoms with Gasteiger partial charge >= 0.3 is 11.9 Å². The third-order valence-corrected chi connectivity index (χ3v) is 4.91. The Bertz CT molecular complexity index is 389. The average molecular weight is 242 g/mol. The summed E-state index contributed by atoms with van der Waals surface area (Å²) in [5.41, 5.74) is -3.84. The van der Waals surface area contributed by atoms with Gasteiger partial charge in [0.2, 0.25) is 0 Å². The minimum absolute atomic E-state index is 0.000856. The molecule has 4 rings (SSSR count). The maximum absolute atomic E-state index is 14.6. The van der Waals surface area contributed by atoms with Gasteiger partial charge in [-0.15, -0.1) is 0 Å². The first-order valence-corrected chi connectivity index (χ1v) is 5.95. The molecule has 0 radical (unpaired) electrons. The van der Waals surface area contributed by atoms with Crippen LogP contribution in [0.2, 0.25) is 0 Å². The number of halogens is 1. The largest absolute Gasteiger partial charge is 0.481 e. The predicted molar refractivity (Wildman–Crippen MR) is 55.2 cm³/mol. The fourth-order valence-electron chi connectivity index (χ4n) is 4.80. The first-order chi connectivity index (χ1) is 7.79. The van der Waals surface area contributed by atoms with E-state index in [0.717, 1.165) is 0 Å². The molecule has 2 atom stereocenters. The van der Waals surface area contributed by atoms with Gasteiger partial charge in [-0.3, -0.25) is 9.59 Å². The minimum Gasteiger partial charge on any atom is -0.481 e. The maximum Gasteiger partial charge on any atom is 0.309 e. The molecule has 4 nitrogen and oxygen atoms in total. The van der Waals surface area contributed by atoms with E-state index >= 15 is 0 Å². The maximum atomic E-state index is 14.6. The number of alkyl halides is 1. The van der Waals surface area contributed by atoms with E-state index in [0.29, 0.717) is 19.3 Å². The van der Waals surface area contributed by atoms with Gasteiger partial charge in [0.15, 0.2) is 0 Å². The van der Waals surface area contributed by atoms with Gasteiger partial charge in [0.25, 0.3) is 0 Å². The van der Waals surface area contributed by atoms with E-state index in [2.05, 4.69) is 0 Å². The number of carbonyl (C=O) groups is 2. The van der Waals surface area contributed by atoms with Crippen LogP contribution in [0, 0.1) is 16.7 Å². The van der Waals surface area contributed by atoms with Crippen LogP contribution < -0.4 is 0 Å². The predicted octanol–water partition coefficient (Wildman–Crippen LogP) is 1.83. The summed E-state index contributed by atoms with van der Waals surface area (Å²) in [6, 6.07) is 0. The fraction of sp³-hybridized carbons (Fsp3) is 0.833. The smallest absolute Gasteiger partial charge is 0.309 e. The van der Waals surface area contributed by atoms with Gasteiger partial charge in [0.05, 0.1) is 10.8 Å². The van der Waals surface area contributed by atoms with Crippen molar-refractivity contribution in [1.82, 2.24) is 0 Å². The highest BCUT2D eigenvalue weighted by atomic mass is 19.1. The van der Waals surface area contributed by atoms with Crippen molar-refractivity contribution in [2.75, 3.05) is 0 Å². The van der Waals surface area contributed by atoms with Crippen LogP contribution in [-0.2, 0) is 9.59 Å². The van der Waals surface area contributed by atoms with Gasteiger partial charge in [0.1, 0.15) is 5.67 Å². The highest BCUT2D eigenvalue weighted by Gasteiger charge is 2.69. The zero-order valence-corrected chi connectivity index (χ0v) is 9.41. The molecule has 0 spiro atoms. The zero-order valence-electron chi connectivity index (χ0n) is 9.41. The summed E-state index contributed by atoms with van der Waals surface area (Å²) in [7, 11) is 0. The van der Waals surface area contributed by atoms with E-state index in [-0.39, 0.29) is 25.2 Å². The lowest BCUT2D eigenvalue weighted by Crippen LogP contribution is -2.62. The van der Waals surface area contributed by atoms with E-state index in [1.165, 1.54) is 0 Å². The Hall–Kier alpha value is -1.13. The highest BCUT2D eigenvalue weighted by molar-refractivity contribution is 5.81. The Kier molecular flexibility index (Phi) is 1.82. The summed E-state index contributed by atoms with van der Waals surface area (Å²) in [5, 5.41) is 18.7. The molecule has 0 amide bonds. The molecule has 0 saturated heterocycles. The molecule has 4 aliphatic rings. The molecule has 4 fully saturated rings. The topological polar surface area (TPSA) is 74.6 Å². The fourth-order valence-corrected chi connectivity index (χ4v) is 4.80. The molecule has 0 heterocycles. The summed E-state index contributed by atoms with van der Waals surface area (Å²) in [4.78, 5) is 22.8. The Balaban J connectivity index is 2.09. The quantitative estimate of drug-likeness (QED) is 0.774. The summed E-state index contributed by atoms with van der Waals surface area (Å²) in [6.07, 6.45) is 1.34. The monoisotopic (exact) mass is 242 g/mol. The van der Waals surface area contributed by atoms with E-state index in [1.807, 2.05) is 0 Å². The van der Waals surface area contributed by atoms with Gasteiger partial charge in [-0.25, -0.2) is 4.39 Å². The standard InChI is InChI=1S/C12H15FO4/c13-12-3-7-1-10(5-12,8(14)15)4-11(2-7,6-12)9(16)17/h7H,1-6H2,(H,14,15)(H,16,17). The molecular weight excluding hydrogens is 227 g/mol. The van der Waals surface area contributed by atoms with Gasteiger partial charge in [-0.2, -0.15) is 0 Å². The van der Waals surface area contributed by atoms with Gasteiger partial charge in [-0.05, 0) is 44.4 Å². The molecule has 0 aromatic heterocycles. The van der Waals surface area contributed by atoms with Crippen molar-refractivity contribution < 1.29 is 24.2 Å². The average Bonchev–Trinajstić information content (AvgIpc) is 2.12. The van der Waals surface area contributed by atoms with Gasteiger partial charge in [-0.1, -0.05) is 0 Å². The summed E-state index contributed by atoms with van der Waals surface area (Å²) < 4.78 is 14.6. The second-order valence-electron chi connectivity index (χ2n) is 6.33. The van der Waals surface area contributed by atoms with Crippen LogP contribution in [0.25, 0.3) is 0 Å². The lowest BCUT2D eigenvalue weighted by Gasteiger charge is -2.60. The number of aliphatic carboxylic acids is 2. The molecule has 4 saturated carbocycles. The van der Waals surface area contributed by atoms with E-state index < -0.39 is 28.4 Å². The van der Waals surface area contributed by atoms with Crippen LogP contribution in [0.1, 0.15) is 38.5 Å². The Morgan fingerprint density at radius 3 is 1.76 bits per heavy atom. The van der Waals surface area contributed by atoms with Crippen molar-refractivity contribution in [3.63, 3.8) is 0 Å². The molecular formula is C12H15FO4. The summed E-state index contributed by atoms with van der Waals surface area (Å²) in [5.74, 6) is -2.12. The zero-order chi connectivity index (χ0) is 12.5. The summed E-state index contributed by atoms with van der Waals surface area (Å²) in [6.45, 7) is 0. The molecule has 94 valence electrons. The molecule has 2 N–H and O–H groups in total. The third-order valence-electron chi connectivity index (χ3n) is 4.91. The second-order valence-corrected chi connectivity index (χ2v) is 6.33. The number of hydrogen-bond acceptors (Lipinski definition) is 2. The molecule has 0 aromatic carbocycles. The highest BCUT2D eigenvalue weighted by Crippen LogP contribution is 2.67. The van der Waals surface area contributed by atoms with Crippen LogP contribution in [0.15, 0.2) is 0 Å². The van der Waals surface area contributed by atoms with Crippen LogP contribution >= 0.6 is 0 Å². The Morgan fingerprint density at radius 1 is 0.941 bits per heavy atom. The van der Waals surface area contributed by atoms with Crippen LogP contribution in [-0.4, -0.2) is 27.8 Å². The Morgan fingerprint density at radius 2 is 1.41 bits per heavy atom. The number of hydrogen-bond donors (Lipinski definition) is 2. The number of rotatable bonds is 2. The second kappa shape index (κ2) is 2.82. The van der Waals surface area contributed by atoms with Crippen molar-refractivity contribution in [1.29, 1.82) is 0 Å². The van der Waals surface area contributed by atoms with Crippen molar-refractivity contribution in [3.8, 4) is 0 Å². The van der Waals surface area contributed by atoms with Crippen molar-refractivity contribution >= 4 is 11.9 Å². The summed E-state index contributed by atoms with van der Waals surface area (Å²) >= 11 is 0. The van der Waals surface area contributed by atoms with Crippen LogP contribution in [0.3, 0.4) is 0 Å². The molecule has 0 aromatic rings. The SMILES string of the molecule is O=C(O)C12CC3CC(F)(C1)CC(C(=O)O)(C3)C2. The van der Waals surface area contributed by atoms with Crippen molar-refractivity contribution in [2.45, 2.75) is 44.2 Å². The van der Waals surface area contributed by atoms with Crippen molar-refractivity contribution in [3.05, 3.63) is 0 Å². The van der Waals surface area contributed by atoms with Gasteiger partial charge in [0, 0.05) is 0 Å². The first kappa shape index (κ1) is 11.0. The van der Waals surface area contributed by atoms with Crippen LogP contribution in [0.4, 0.5) is 4.39 Å². The van der Waals surface area contributed by atoms with Crippen molar-refractivity contribution in [2.24, 2.45) is 16.7 Å². The molecule has 5 heteroatoms. The first-order valence-electron chi connectivity index (χ1n) is 5.95. The normalized spacial score (nSPS) is 51.5. The molecule has 0 aliphatic heterocycles.